The van der Waals surface area contributed by atoms with Crippen molar-refractivity contribution in [1.29, 1.82) is 0 Å². The van der Waals surface area contributed by atoms with Crippen molar-refractivity contribution < 1.29 is 13.2 Å². The van der Waals surface area contributed by atoms with Crippen LogP contribution >= 0.6 is 12.6 Å². The summed E-state index contributed by atoms with van der Waals surface area (Å²) in [6, 6.07) is 7.54. The van der Waals surface area contributed by atoms with Crippen molar-refractivity contribution in [2.75, 3.05) is 6.54 Å². The van der Waals surface area contributed by atoms with Crippen LogP contribution in [0.15, 0.2) is 35.2 Å². The van der Waals surface area contributed by atoms with Gasteiger partial charge in [0.2, 0.25) is 15.1 Å². The van der Waals surface area contributed by atoms with Crippen molar-refractivity contribution in [3.05, 3.63) is 30.3 Å². The van der Waals surface area contributed by atoms with E-state index in [1.807, 2.05) is 0 Å². The Morgan fingerprint density at radius 2 is 1.94 bits per heavy atom. The summed E-state index contributed by atoms with van der Waals surface area (Å²) in [5.74, 6) is 0. The van der Waals surface area contributed by atoms with E-state index in [1.54, 1.807) is 18.2 Å². The second-order valence-electron chi connectivity index (χ2n) is 3.93. The van der Waals surface area contributed by atoms with Crippen molar-refractivity contribution in [3.8, 4) is 0 Å². The number of carbonyl (C=O) groups excluding carboxylic acids is 1. The molecular formula is C11H13NO3S2. The predicted molar refractivity (Wildman–Crippen MR) is 67.3 cm³/mol. The van der Waals surface area contributed by atoms with Gasteiger partial charge in [-0.15, -0.1) is 12.6 Å². The fourth-order valence-corrected chi connectivity index (χ4v) is 4.03. The molecule has 6 heteroatoms. The Balaban J connectivity index is 2.37. The summed E-state index contributed by atoms with van der Waals surface area (Å²) in [6.45, 7) is 0.383. The van der Waals surface area contributed by atoms with Crippen LogP contribution in [0.5, 0.6) is 0 Å². The van der Waals surface area contributed by atoms with Crippen molar-refractivity contribution in [3.63, 3.8) is 0 Å². The van der Waals surface area contributed by atoms with E-state index >= 15 is 0 Å². The first kappa shape index (κ1) is 12.6. The van der Waals surface area contributed by atoms with E-state index in [9.17, 15) is 13.2 Å². The third-order valence-corrected chi connectivity index (χ3v) is 5.06. The Morgan fingerprint density at radius 3 is 2.53 bits per heavy atom. The lowest BCUT2D eigenvalue weighted by Crippen LogP contribution is -2.38. The minimum absolute atomic E-state index is 0.224. The van der Waals surface area contributed by atoms with Gasteiger partial charge in [0, 0.05) is 6.54 Å². The lowest BCUT2D eigenvalue weighted by Gasteiger charge is -2.21. The molecule has 0 unspecified atom stereocenters. The molecule has 0 aliphatic carbocycles. The molecule has 1 atom stereocenters. The topological polar surface area (TPSA) is 54.5 Å². The molecule has 0 bridgehead atoms. The minimum Gasteiger partial charge on any atom is -0.286 e. The molecule has 0 amide bonds. The maximum absolute atomic E-state index is 12.3. The summed E-state index contributed by atoms with van der Waals surface area (Å²) < 4.78 is 25.8. The molecular weight excluding hydrogens is 258 g/mol. The third kappa shape index (κ3) is 2.38. The van der Waals surface area contributed by atoms with Crippen LogP contribution in [0.4, 0.5) is 0 Å². The molecule has 17 heavy (non-hydrogen) atoms. The van der Waals surface area contributed by atoms with Gasteiger partial charge in [0.25, 0.3) is 0 Å². The van der Waals surface area contributed by atoms with Gasteiger partial charge >= 0.3 is 0 Å². The molecule has 1 heterocycles. The average Bonchev–Trinajstić information content (AvgIpc) is 2.80. The van der Waals surface area contributed by atoms with E-state index in [-0.39, 0.29) is 10.0 Å². The zero-order valence-corrected chi connectivity index (χ0v) is 10.8. The van der Waals surface area contributed by atoms with E-state index in [2.05, 4.69) is 12.6 Å². The highest BCUT2D eigenvalue weighted by Gasteiger charge is 2.37. The zero-order valence-electron chi connectivity index (χ0n) is 9.11. The smallest absolute Gasteiger partial charge is 0.243 e. The number of thiol groups is 1. The molecule has 1 aromatic carbocycles. The van der Waals surface area contributed by atoms with E-state index < -0.39 is 16.1 Å². The van der Waals surface area contributed by atoms with Crippen LogP contribution in [0.1, 0.15) is 12.8 Å². The maximum atomic E-state index is 12.3. The molecule has 1 fully saturated rings. The number of hydrogen-bond donors (Lipinski definition) is 1. The molecule has 0 N–H and O–H groups in total. The van der Waals surface area contributed by atoms with Gasteiger partial charge in [-0.1, -0.05) is 18.2 Å². The Hall–Kier alpha value is -0.850. The van der Waals surface area contributed by atoms with Crippen molar-refractivity contribution in [1.82, 2.24) is 4.31 Å². The summed E-state index contributed by atoms with van der Waals surface area (Å²) in [6.07, 6.45) is 1.25. The molecule has 1 aliphatic rings. The quantitative estimate of drug-likeness (QED) is 0.843. The summed E-state index contributed by atoms with van der Waals surface area (Å²) in [5.41, 5.74) is 0. The second-order valence-corrected chi connectivity index (χ2v) is 6.26. The number of sulfonamides is 1. The lowest BCUT2D eigenvalue weighted by atomic mass is 10.2. The normalized spacial score (nSPS) is 21.6. The molecule has 4 nitrogen and oxygen atoms in total. The fraction of sp³-hybridized carbons (Fsp3) is 0.364. The van der Waals surface area contributed by atoms with E-state index in [4.69, 9.17) is 0 Å². The molecule has 1 aliphatic heterocycles. The Bertz CT molecular complexity index is 513. The van der Waals surface area contributed by atoms with Crippen LogP contribution in [-0.2, 0) is 14.8 Å². The third-order valence-electron chi connectivity index (χ3n) is 2.84. The molecule has 2 rings (SSSR count). The van der Waals surface area contributed by atoms with Crippen LogP contribution in [0.25, 0.3) is 0 Å². The standard InChI is InChI=1S/C11H13NO3S2/c13-11(16)10-7-4-8-12(10)17(14,15)9-5-2-1-3-6-9/h1-3,5-6,10H,4,7-8H2,(H,13,16)/t10-/m0/s1. The SMILES string of the molecule is O=C(S)[C@@H]1CCCN1S(=O)(=O)c1ccccc1. The van der Waals surface area contributed by atoms with Crippen LogP contribution in [0.3, 0.4) is 0 Å². The number of benzene rings is 1. The summed E-state index contributed by atoms with van der Waals surface area (Å²) in [7, 11) is -3.57. The van der Waals surface area contributed by atoms with Gasteiger partial charge in [0.15, 0.2) is 0 Å². The first-order chi connectivity index (χ1) is 8.03. The molecule has 0 radical (unpaired) electrons. The van der Waals surface area contributed by atoms with E-state index in [0.29, 0.717) is 19.4 Å². The maximum Gasteiger partial charge on any atom is 0.243 e. The number of nitrogens with zero attached hydrogens (tertiary/aromatic N) is 1. The Morgan fingerprint density at radius 1 is 1.29 bits per heavy atom. The first-order valence-corrected chi connectivity index (χ1v) is 7.22. The van der Waals surface area contributed by atoms with E-state index in [0.717, 1.165) is 0 Å². The van der Waals surface area contributed by atoms with Gasteiger partial charge in [-0.25, -0.2) is 8.42 Å². The molecule has 0 saturated carbocycles. The van der Waals surface area contributed by atoms with Gasteiger partial charge < -0.3 is 0 Å². The highest BCUT2D eigenvalue weighted by Crippen LogP contribution is 2.26. The monoisotopic (exact) mass is 271 g/mol. The first-order valence-electron chi connectivity index (χ1n) is 5.33. The minimum atomic E-state index is -3.57. The summed E-state index contributed by atoms with van der Waals surface area (Å²) in [4.78, 5) is 11.5. The molecule has 0 spiro atoms. The van der Waals surface area contributed by atoms with Gasteiger partial charge in [-0.3, -0.25) is 4.79 Å². The predicted octanol–water partition coefficient (Wildman–Crippen LogP) is 1.30. The van der Waals surface area contributed by atoms with Crippen molar-refractivity contribution in [2.45, 2.75) is 23.8 Å². The van der Waals surface area contributed by atoms with Gasteiger partial charge in [0.05, 0.1) is 10.9 Å². The average molecular weight is 271 g/mol. The molecule has 0 aromatic heterocycles. The van der Waals surface area contributed by atoms with Gasteiger partial charge in [-0.05, 0) is 25.0 Å². The summed E-state index contributed by atoms with van der Waals surface area (Å²) in [5, 5.41) is -0.387. The molecule has 1 saturated heterocycles. The van der Waals surface area contributed by atoms with Crippen LogP contribution < -0.4 is 0 Å². The van der Waals surface area contributed by atoms with Crippen LogP contribution in [0, 0.1) is 0 Å². The van der Waals surface area contributed by atoms with Gasteiger partial charge in [-0.2, -0.15) is 4.31 Å². The Labute approximate surface area is 106 Å². The number of hydrogen-bond acceptors (Lipinski definition) is 3. The zero-order chi connectivity index (χ0) is 12.5. The summed E-state index contributed by atoms with van der Waals surface area (Å²) >= 11 is 3.75. The fourth-order valence-electron chi connectivity index (χ4n) is 2.00. The van der Waals surface area contributed by atoms with Crippen LogP contribution in [-0.4, -0.2) is 30.4 Å². The molecule has 92 valence electrons. The van der Waals surface area contributed by atoms with Crippen molar-refractivity contribution in [2.24, 2.45) is 0 Å². The number of rotatable bonds is 3. The van der Waals surface area contributed by atoms with E-state index in [1.165, 1.54) is 16.4 Å². The number of carbonyl (C=O) groups is 1. The highest BCUT2D eigenvalue weighted by molar-refractivity contribution is 7.97. The largest absolute Gasteiger partial charge is 0.286 e. The van der Waals surface area contributed by atoms with Gasteiger partial charge in [0.1, 0.15) is 0 Å². The van der Waals surface area contributed by atoms with Crippen molar-refractivity contribution >= 4 is 27.8 Å². The van der Waals surface area contributed by atoms with Crippen LogP contribution in [0.2, 0.25) is 0 Å². The Kier molecular flexibility index (Phi) is 3.56. The molecule has 1 aromatic rings. The lowest BCUT2D eigenvalue weighted by molar-refractivity contribution is -0.113. The second kappa shape index (κ2) is 4.80. The highest BCUT2D eigenvalue weighted by atomic mass is 32.2.